The molecule has 0 aromatic heterocycles. The van der Waals surface area contributed by atoms with Gasteiger partial charge in [0, 0.05) is 0 Å². The van der Waals surface area contributed by atoms with Crippen LogP contribution in [0.3, 0.4) is 0 Å². The number of hydrogen-bond donors (Lipinski definition) is 0. The van der Waals surface area contributed by atoms with Crippen LogP contribution in [0.1, 0.15) is 24.2 Å². The summed E-state index contributed by atoms with van der Waals surface area (Å²) in [5.41, 5.74) is 1.86. The smallest absolute Gasteiger partial charge is 0.335 e. The van der Waals surface area contributed by atoms with Crippen LogP contribution >= 0.6 is 0 Å². The van der Waals surface area contributed by atoms with Gasteiger partial charge in [-0.3, -0.25) is 0 Å². The number of ether oxygens (including phenoxy) is 2. The monoisotopic (exact) mass is 282 g/mol. The maximum absolute atomic E-state index is 12.0. The van der Waals surface area contributed by atoms with Crippen LogP contribution in [-0.4, -0.2) is 13.1 Å². The van der Waals surface area contributed by atoms with Crippen molar-refractivity contribution in [2.24, 2.45) is 0 Å². The fourth-order valence-electron chi connectivity index (χ4n) is 1.96. The van der Waals surface area contributed by atoms with Crippen molar-refractivity contribution in [1.29, 1.82) is 0 Å². The van der Waals surface area contributed by atoms with Crippen molar-refractivity contribution in [2.45, 2.75) is 13.0 Å². The van der Waals surface area contributed by atoms with Crippen molar-refractivity contribution in [2.75, 3.05) is 7.11 Å². The number of esters is 1. The Hall–Kier alpha value is -2.55. The van der Waals surface area contributed by atoms with Crippen molar-refractivity contribution in [3.05, 3.63) is 83.6 Å². The van der Waals surface area contributed by atoms with E-state index in [2.05, 4.69) is 0 Å². The highest BCUT2D eigenvalue weighted by Gasteiger charge is 2.17. The minimum atomic E-state index is -0.430. The molecule has 0 radical (unpaired) electrons. The number of rotatable bonds is 5. The lowest BCUT2D eigenvalue weighted by molar-refractivity contribution is -0.141. The van der Waals surface area contributed by atoms with Gasteiger partial charge in [-0.05, 0) is 18.1 Å². The van der Waals surface area contributed by atoms with Gasteiger partial charge in [0.15, 0.2) is 6.10 Å². The first kappa shape index (κ1) is 14.9. The third-order valence-electron chi connectivity index (χ3n) is 3.08. The Bertz CT molecular complexity index is 563. The molecule has 21 heavy (non-hydrogen) atoms. The zero-order chi connectivity index (χ0) is 15.1. The van der Waals surface area contributed by atoms with E-state index in [0.717, 1.165) is 11.1 Å². The Labute approximate surface area is 124 Å². The van der Waals surface area contributed by atoms with E-state index in [1.807, 2.05) is 60.7 Å². The third-order valence-corrected chi connectivity index (χ3v) is 3.08. The van der Waals surface area contributed by atoms with Crippen LogP contribution in [0, 0.1) is 0 Å². The standard InChI is InChI=1S/C18H18O3/c1-14(20-2)13-17(19)21-18(15-9-5-3-6-10-15)16-11-7-4-8-12-16/h3-13,18H,1-2H3/b14-13+. The summed E-state index contributed by atoms with van der Waals surface area (Å²) >= 11 is 0. The van der Waals surface area contributed by atoms with Gasteiger partial charge in [-0.15, -0.1) is 0 Å². The molecule has 2 aromatic carbocycles. The van der Waals surface area contributed by atoms with Gasteiger partial charge in [0.05, 0.1) is 18.9 Å². The summed E-state index contributed by atoms with van der Waals surface area (Å²) in [5.74, 6) is 0.0897. The lowest BCUT2D eigenvalue weighted by Crippen LogP contribution is -2.11. The summed E-state index contributed by atoms with van der Waals surface area (Å²) in [6, 6.07) is 19.3. The van der Waals surface area contributed by atoms with E-state index in [0.29, 0.717) is 5.76 Å². The predicted molar refractivity (Wildman–Crippen MR) is 81.6 cm³/mol. The SMILES string of the molecule is CO/C(C)=C/C(=O)OC(c1ccccc1)c1ccccc1. The molecule has 108 valence electrons. The predicted octanol–water partition coefficient (Wildman–Crippen LogP) is 3.87. The molecule has 0 fully saturated rings. The molecule has 0 aliphatic heterocycles. The minimum Gasteiger partial charge on any atom is -0.501 e. The fraction of sp³-hybridized carbons (Fsp3) is 0.167. The average Bonchev–Trinajstić information content (AvgIpc) is 2.54. The highest BCUT2D eigenvalue weighted by atomic mass is 16.5. The van der Waals surface area contributed by atoms with Gasteiger partial charge >= 0.3 is 5.97 Å². The van der Waals surface area contributed by atoms with Crippen LogP contribution in [0.25, 0.3) is 0 Å². The van der Waals surface area contributed by atoms with Crippen LogP contribution in [0.5, 0.6) is 0 Å². The first-order valence-corrected chi connectivity index (χ1v) is 6.73. The van der Waals surface area contributed by atoms with Crippen molar-refractivity contribution in [3.8, 4) is 0 Å². The highest BCUT2D eigenvalue weighted by molar-refractivity contribution is 5.82. The van der Waals surface area contributed by atoms with E-state index in [-0.39, 0.29) is 0 Å². The Morgan fingerprint density at radius 3 is 1.86 bits per heavy atom. The van der Waals surface area contributed by atoms with Crippen molar-refractivity contribution in [3.63, 3.8) is 0 Å². The first-order chi connectivity index (χ1) is 10.2. The number of carbonyl (C=O) groups is 1. The molecule has 3 nitrogen and oxygen atoms in total. The van der Waals surface area contributed by atoms with Crippen LogP contribution in [-0.2, 0) is 14.3 Å². The number of carbonyl (C=O) groups excluding carboxylic acids is 1. The summed E-state index contributed by atoms with van der Waals surface area (Å²) < 4.78 is 10.6. The van der Waals surface area contributed by atoms with E-state index in [1.165, 1.54) is 13.2 Å². The number of methoxy groups -OCH3 is 1. The van der Waals surface area contributed by atoms with E-state index < -0.39 is 12.1 Å². The Morgan fingerprint density at radius 2 is 1.43 bits per heavy atom. The molecule has 0 amide bonds. The Morgan fingerprint density at radius 1 is 0.952 bits per heavy atom. The second kappa shape index (κ2) is 7.29. The van der Waals surface area contributed by atoms with E-state index in [9.17, 15) is 4.79 Å². The molecular formula is C18H18O3. The van der Waals surface area contributed by atoms with Crippen molar-refractivity contribution < 1.29 is 14.3 Å². The molecule has 0 heterocycles. The van der Waals surface area contributed by atoms with Gasteiger partial charge < -0.3 is 9.47 Å². The molecule has 2 aromatic rings. The zero-order valence-corrected chi connectivity index (χ0v) is 12.2. The molecule has 0 unspecified atom stereocenters. The van der Waals surface area contributed by atoms with Crippen LogP contribution in [0.15, 0.2) is 72.5 Å². The van der Waals surface area contributed by atoms with E-state index in [1.54, 1.807) is 6.92 Å². The highest BCUT2D eigenvalue weighted by Crippen LogP contribution is 2.26. The average molecular weight is 282 g/mol. The maximum atomic E-state index is 12.0. The van der Waals surface area contributed by atoms with E-state index >= 15 is 0 Å². The summed E-state index contributed by atoms with van der Waals surface area (Å²) in [4.78, 5) is 12.0. The molecule has 0 N–H and O–H groups in total. The lowest BCUT2D eigenvalue weighted by atomic mass is 10.0. The molecule has 0 saturated heterocycles. The third kappa shape index (κ3) is 4.21. The van der Waals surface area contributed by atoms with Crippen LogP contribution < -0.4 is 0 Å². The van der Waals surface area contributed by atoms with E-state index in [4.69, 9.17) is 9.47 Å². The van der Waals surface area contributed by atoms with Crippen LogP contribution in [0.2, 0.25) is 0 Å². The molecular weight excluding hydrogens is 264 g/mol. The normalized spacial score (nSPS) is 11.3. The molecule has 0 spiro atoms. The van der Waals surface area contributed by atoms with Gasteiger partial charge in [0.2, 0.25) is 0 Å². The van der Waals surface area contributed by atoms with Gasteiger partial charge in [0.25, 0.3) is 0 Å². The second-order valence-electron chi connectivity index (χ2n) is 4.60. The lowest BCUT2D eigenvalue weighted by Gasteiger charge is -2.18. The molecule has 0 atom stereocenters. The fourth-order valence-corrected chi connectivity index (χ4v) is 1.96. The molecule has 3 heteroatoms. The summed E-state index contributed by atoms with van der Waals surface area (Å²) in [7, 11) is 1.52. The molecule has 0 aliphatic rings. The van der Waals surface area contributed by atoms with Gasteiger partial charge in [-0.25, -0.2) is 4.79 Å². The van der Waals surface area contributed by atoms with Crippen molar-refractivity contribution >= 4 is 5.97 Å². The second-order valence-corrected chi connectivity index (χ2v) is 4.60. The minimum absolute atomic E-state index is 0.424. The van der Waals surface area contributed by atoms with Crippen LogP contribution in [0.4, 0.5) is 0 Å². The van der Waals surface area contributed by atoms with Gasteiger partial charge in [0.1, 0.15) is 0 Å². The summed E-state index contributed by atoms with van der Waals surface area (Å²) in [6.07, 6.45) is 0.916. The Kier molecular flexibility index (Phi) is 5.16. The van der Waals surface area contributed by atoms with Gasteiger partial charge in [-0.1, -0.05) is 60.7 Å². The zero-order valence-electron chi connectivity index (χ0n) is 12.2. The number of benzene rings is 2. The Balaban J connectivity index is 2.28. The number of allylic oxidation sites excluding steroid dienone is 1. The molecule has 0 bridgehead atoms. The van der Waals surface area contributed by atoms with Crippen molar-refractivity contribution in [1.82, 2.24) is 0 Å². The van der Waals surface area contributed by atoms with Gasteiger partial charge in [-0.2, -0.15) is 0 Å². The largest absolute Gasteiger partial charge is 0.501 e. The maximum Gasteiger partial charge on any atom is 0.335 e. The number of hydrogen-bond acceptors (Lipinski definition) is 3. The first-order valence-electron chi connectivity index (χ1n) is 6.73. The topological polar surface area (TPSA) is 35.5 Å². The summed E-state index contributed by atoms with van der Waals surface area (Å²) in [5, 5.41) is 0. The molecule has 0 saturated carbocycles. The molecule has 0 aliphatic carbocycles. The molecule has 2 rings (SSSR count). The summed E-state index contributed by atoms with van der Waals surface area (Å²) in [6.45, 7) is 1.71. The quantitative estimate of drug-likeness (QED) is 0.474.